The van der Waals surface area contributed by atoms with E-state index in [9.17, 15) is 4.79 Å². The van der Waals surface area contributed by atoms with E-state index in [2.05, 4.69) is 20.7 Å². The third-order valence-corrected chi connectivity index (χ3v) is 3.46. The number of pyridine rings is 1. The summed E-state index contributed by atoms with van der Waals surface area (Å²) in [5.74, 6) is 0.942. The number of carbonyl (C=O) groups excluding carboxylic acids is 1. The summed E-state index contributed by atoms with van der Waals surface area (Å²) in [5.41, 5.74) is 1.81. The van der Waals surface area contributed by atoms with E-state index in [1.54, 1.807) is 47.1 Å². The highest BCUT2D eigenvalue weighted by Gasteiger charge is 2.12. The SMILES string of the molecule is CC(C)c1nc2c(NC(=O)Nc3cccc(Cl)c3)cccn2n1. The molecule has 3 rings (SSSR count). The molecule has 6 nitrogen and oxygen atoms in total. The average Bonchev–Trinajstić information content (AvgIpc) is 2.92. The summed E-state index contributed by atoms with van der Waals surface area (Å²) >= 11 is 5.91. The summed E-state index contributed by atoms with van der Waals surface area (Å²) in [6.07, 6.45) is 1.80. The van der Waals surface area contributed by atoms with Gasteiger partial charge in [-0.25, -0.2) is 14.3 Å². The number of benzene rings is 1. The Balaban J connectivity index is 1.82. The minimum Gasteiger partial charge on any atom is -0.308 e. The van der Waals surface area contributed by atoms with Gasteiger partial charge in [0.25, 0.3) is 0 Å². The fraction of sp³-hybridized carbons (Fsp3) is 0.188. The van der Waals surface area contributed by atoms with Crippen LogP contribution in [0.4, 0.5) is 16.2 Å². The van der Waals surface area contributed by atoms with Gasteiger partial charge in [-0.15, -0.1) is 0 Å². The minimum absolute atomic E-state index is 0.211. The normalized spacial score (nSPS) is 11.0. The summed E-state index contributed by atoms with van der Waals surface area (Å²) in [5, 5.41) is 10.5. The Morgan fingerprint density at radius 2 is 2.04 bits per heavy atom. The molecule has 1 aromatic carbocycles. The van der Waals surface area contributed by atoms with Crippen molar-refractivity contribution in [3.05, 3.63) is 53.4 Å². The van der Waals surface area contributed by atoms with E-state index in [0.717, 1.165) is 5.82 Å². The van der Waals surface area contributed by atoms with Crippen molar-refractivity contribution in [2.24, 2.45) is 0 Å². The maximum atomic E-state index is 12.2. The number of nitrogens with one attached hydrogen (secondary N) is 2. The quantitative estimate of drug-likeness (QED) is 0.758. The number of hydrogen-bond donors (Lipinski definition) is 2. The number of rotatable bonds is 3. The molecule has 118 valence electrons. The Bertz CT molecular complexity index is 859. The molecule has 0 atom stereocenters. The molecule has 0 spiro atoms. The lowest BCUT2D eigenvalue weighted by atomic mass is 10.2. The van der Waals surface area contributed by atoms with E-state index in [1.807, 2.05) is 13.8 Å². The first kappa shape index (κ1) is 15.3. The molecule has 2 aromatic heterocycles. The van der Waals surface area contributed by atoms with Gasteiger partial charge in [0.05, 0.1) is 5.69 Å². The van der Waals surface area contributed by atoms with E-state index < -0.39 is 0 Å². The number of nitrogens with zero attached hydrogens (tertiary/aromatic N) is 3. The first-order valence-electron chi connectivity index (χ1n) is 7.22. The van der Waals surface area contributed by atoms with E-state index in [1.165, 1.54) is 0 Å². The highest BCUT2D eigenvalue weighted by molar-refractivity contribution is 6.30. The van der Waals surface area contributed by atoms with Crippen LogP contribution in [-0.2, 0) is 0 Å². The second kappa shape index (κ2) is 6.26. The largest absolute Gasteiger partial charge is 0.323 e. The smallest absolute Gasteiger partial charge is 0.308 e. The van der Waals surface area contributed by atoms with E-state index in [-0.39, 0.29) is 11.9 Å². The predicted octanol–water partition coefficient (Wildman–Crippen LogP) is 4.15. The van der Waals surface area contributed by atoms with Crippen LogP contribution in [0.1, 0.15) is 25.6 Å². The topological polar surface area (TPSA) is 71.3 Å². The van der Waals surface area contributed by atoms with Crippen molar-refractivity contribution in [2.75, 3.05) is 10.6 Å². The van der Waals surface area contributed by atoms with Crippen LogP contribution in [0, 0.1) is 0 Å². The van der Waals surface area contributed by atoms with Crippen LogP contribution in [0.2, 0.25) is 5.02 Å². The van der Waals surface area contributed by atoms with Crippen LogP contribution in [0.3, 0.4) is 0 Å². The maximum Gasteiger partial charge on any atom is 0.323 e. The number of hydrogen-bond acceptors (Lipinski definition) is 3. The molecule has 0 radical (unpaired) electrons. The van der Waals surface area contributed by atoms with Gasteiger partial charge >= 0.3 is 6.03 Å². The van der Waals surface area contributed by atoms with Crippen molar-refractivity contribution in [1.29, 1.82) is 0 Å². The van der Waals surface area contributed by atoms with Crippen LogP contribution in [-0.4, -0.2) is 20.6 Å². The molecule has 0 aliphatic heterocycles. The lowest BCUT2D eigenvalue weighted by Crippen LogP contribution is -2.19. The van der Waals surface area contributed by atoms with Crippen LogP contribution in [0.15, 0.2) is 42.6 Å². The zero-order chi connectivity index (χ0) is 16.4. The number of aromatic nitrogens is 3. The van der Waals surface area contributed by atoms with Gasteiger partial charge in [-0.3, -0.25) is 0 Å². The molecular weight excluding hydrogens is 314 g/mol. The second-order valence-electron chi connectivity index (χ2n) is 5.40. The molecule has 0 bridgehead atoms. The maximum absolute atomic E-state index is 12.2. The highest BCUT2D eigenvalue weighted by Crippen LogP contribution is 2.19. The molecule has 0 unspecified atom stereocenters. The molecular formula is C16H16ClN5O. The predicted molar refractivity (Wildman–Crippen MR) is 91.2 cm³/mol. The van der Waals surface area contributed by atoms with Gasteiger partial charge in [-0.1, -0.05) is 31.5 Å². The van der Waals surface area contributed by atoms with Crippen LogP contribution >= 0.6 is 11.6 Å². The number of halogens is 1. The van der Waals surface area contributed by atoms with Crippen molar-refractivity contribution in [2.45, 2.75) is 19.8 Å². The van der Waals surface area contributed by atoms with Crippen LogP contribution in [0.5, 0.6) is 0 Å². The van der Waals surface area contributed by atoms with Crippen molar-refractivity contribution in [3.63, 3.8) is 0 Å². The van der Waals surface area contributed by atoms with Crippen LogP contribution < -0.4 is 10.6 Å². The van der Waals surface area contributed by atoms with Crippen molar-refractivity contribution in [3.8, 4) is 0 Å². The van der Waals surface area contributed by atoms with Gasteiger partial charge in [-0.2, -0.15) is 5.10 Å². The Labute approximate surface area is 138 Å². The molecule has 0 saturated carbocycles. The van der Waals surface area contributed by atoms with E-state index in [4.69, 9.17) is 11.6 Å². The fourth-order valence-electron chi connectivity index (χ4n) is 2.12. The minimum atomic E-state index is -0.366. The molecule has 23 heavy (non-hydrogen) atoms. The monoisotopic (exact) mass is 329 g/mol. The highest BCUT2D eigenvalue weighted by atomic mass is 35.5. The average molecular weight is 330 g/mol. The molecule has 2 amide bonds. The van der Waals surface area contributed by atoms with E-state index in [0.29, 0.717) is 22.0 Å². The lowest BCUT2D eigenvalue weighted by molar-refractivity contribution is 0.262. The molecule has 2 heterocycles. The molecule has 0 saturated heterocycles. The molecule has 0 fully saturated rings. The Morgan fingerprint density at radius 1 is 1.22 bits per heavy atom. The van der Waals surface area contributed by atoms with Crippen molar-refractivity contribution < 1.29 is 4.79 Å². The summed E-state index contributed by atoms with van der Waals surface area (Å²) in [6, 6.07) is 10.2. The van der Waals surface area contributed by atoms with Crippen molar-refractivity contribution >= 4 is 34.7 Å². The number of carbonyl (C=O) groups is 1. The Morgan fingerprint density at radius 3 is 2.78 bits per heavy atom. The van der Waals surface area contributed by atoms with E-state index >= 15 is 0 Å². The van der Waals surface area contributed by atoms with Crippen molar-refractivity contribution in [1.82, 2.24) is 14.6 Å². The summed E-state index contributed by atoms with van der Waals surface area (Å²) in [6.45, 7) is 4.04. The molecule has 0 aliphatic carbocycles. The fourth-order valence-corrected chi connectivity index (χ4v) is 2.31. The standard InChI is InChI=1S/C16H16ClN5O/c1-10(2)14-20-15-13(7-4-8-22(15)21-14)19-16(23)18-12-6-3-5-11(17)9-12/h3-10H,1-2H3,(H2,18,19,23). The molecule has 0 aliphatic rings. The molecule has 7 heteroatoms. The third-order valence-electron chi connectivity index (χ3n) is 3.23. The molecule has 3 aromatic rings. The Hall–Kier alpha value is -2.60. The number of urea groups is 1. The van der Waals surface area contributed by atoms with Gasteiger partial charge < -0.3 is 10.6 Å². The Kier molecular flexibility index (Phi) is 4.16. The van der Waals surface area contributed by atoms with Gasteiger partial charge in [0.2, 0.25) is 0 Å². The third kappa shape index (κ3) is 3.43. The van der Waals surface area contributed by atoms with Gasteiger partial charge in [0.15, 0.2) is 11.5 Å². The first-order chi connectivity index (χ1) is 11.0. The van der Waals surface area contributed by atoms with Gasteiger partial charge in [-0.05, 0) is 30.3 Å². The lowest BCUT2D eigenvalue weighted by Gasteiger charge is -2.08. The number of anilines is 2. The van der Waals surface area contributed by atoms with Gasteiger partial charge in [0.1, 0.15) is 0 Å². The summed E-state index contributed by atoms with van der Waals surface area (Å²) < 4.78 is 1.66. The zero-order valence-electron chi connectivity index (χ0n) is 12.7. The summed E-state index contributed by atoms with van der Waals surface area (Å²) in [7, 11) is 0. The second-order valence-corrected chi connectivity index (χ2v) is 5.84. The molecule has 2 N–H and O–H groups in total. The zero-order valence-corrected chi connectivity index (χ0v) is 13.5. The number of amides is 2. The number of fused-ring (bicyclic) bond motifs is 1. The first-order valence-corrected chi connectivity index (χ1v) is 7.59. The summed E-state index contributed by atoms with van der Waals surface area (Å²) in [4.78, 5) is 16.6. The van der Waals surface area contributed by atoms with Gasteiger partial charge in [0, 0.05) is 22.8 Å². The van der Waals surface area contributed by atoms with Crippen LogP contribution in [0.25, 0.3) is 5.65 Å².